The van der Waals surface area contributed by atoms with Gasteiger partial charge in [-0.15, -0.1) is 11.3 Å². The lowest BCUT2D eigenvalue weighted by Gasteiger charge is -2.31. The van der Waals surface area contributed by atoms with E-state index in [4.69, 9.17) is 27.9 Å². The van der Waals surface area contributed by atoms with Crippen molar-refractivity contribution in [1.29, 1.82) is 0 Å². The first-order valence-corrected chi connectivity index (χ1v) is 11.0. The van der Waals surface area contributed by atoms with E-state index in [1.54, 1.807) is 24.4 Å². The van der Waals surface area contributed by atoms with Crippen molar-refractivity contribution in [3.63, 3.8) is 0 Å². The molecule has 0 aliphatic heterocycles. The fraction of sp³-hybridized carbons (Fsp3) is 0.500. The molecule has 1 fully saturated rings. The Hall–Kier alpha value is -1.30. The highest BCUT2D eigenvalue weighted by atomic mass is 35.5. The predicted octanol–water partition coefficient (Wildman–Crippen LogP) is 6.44. The minimum absolute atomic E-state index is 0.152. The summed E-state index contributed by atoms with van der Waals surface area (Å²) in [6.07, 6.45) is 7.78. The van der Waals surface area contributed by atoms with Crippen molar-refractivity contribution >= 4 is 45.6 Å². The molecule has 1 aliphatic rings. The van der Waals surface area contributed by atoms with Gasteiger partial charge in [0.2, 0.25) is 0 Å². The van der Waals surface area contributed by atoms with Gasteiger partial charge >= 0.3 is 0 Å². The Balaban J connectivity index is 1.85. The second-order valence-electron chi connectivity index (χ2n) is 6.94. The van der Waals surface area contributed by atoms with E-state index in [9.17, 15) is 4.79 Å². The molecule has 0 bridgehead atoms. The van der Waals surface area contributed by atoms with Crippen molar-refractivity contribution in [2.75, 3.05) is 5.32 Å². The number of thiazole rings is 1. The van der Waals surface area contributed by atoms with E-state index in [0.717, 1.165) is 25.7 Å². The highest BCUT2D eigenvalue weighted by Crippen LogP contribution is 2.38. The molecule has 1 aliphatic carbocycles. The maximum Gasteiger partial charge on any atom is 0.267 e. The molecule has 1 amide bonds. The molecule has 1 aromatic carbocycles. The standard InChI is InChI=1S/C20H24Cl2N2O2S/c1-2-5-15(13-6-3-4-7-13)18(19(25)24-20-23-10-11-27-20)26-14-8-9-16(21)17(22)12-14/h8-13,15,18H,2-7H2,1H3,(H,23,24,25). The summed E-state index contributed by atoms with van der Waals surface area (Å²) in [5.41, 5.74) is 0. The Bertz CT molecular complexity index is 748. The first kappa shape index (κ1) is 20.4. The fourth-order valence-electron chi connectivity index (χ4n) is 3.85. The van der Waals surface area contributed by atoms with Crippen molar-refractivity contribution in [3.05, 3.63) is 39.8 Å². The summed E-state index contributed by atoms with van der Waals surface area (Å²) in [5.74, 6) is 1.07. The predicted molar refractivity (Wildman–Crippen MR) is 112 cm³/mol. The van der Waals surface area contributed by atoms with E-state index in [1.165, 1.54) is 24.2 Å². The maximum absolute atomic E-state index is 13.1. The molecule has 7 heteroatoms. The van der Waals surface area contributed by atoms with Crippen LogP contribution in [0.4, 0.5) is 5.13 Å². The first-order valence-electron chi connectivity index (χ1n) is 9.40. The summed E-state index contributed by atoms with van der Waals surface area (Å²) in [5, 5.41) is 6.22. The van der Waals surface area contributed by atoms with Crippen molar-refractivity contribution < 1.29 is 9.53 Å². The lowest BCUT2D eigenvalue weighted by Crippen LogP contribution is -2.42. The number of hydrogen-bond acceptors (Lipinski definition) is 4. The number of benzene rings is 1. The number of rotatable bonds is 8. The molecule has 146 valence electrons. The largest absolute Gasteiger partial charge is 0.480 e. The van der Waals surface area contributed by atoms with Crippen molar-refractivity contribution in [3.8, 4) is 5.75 Å². The van der Waals surface area contributed by atoms with Crippen LogP contribution in [0.15, 0.2) is 29.8 Å². The Kier molecular flexibility index (Phi) is 7.39. The molecule has 2 aromatic rings. The minimum atomic E-state index is -0.589. The van der Waals surface area contributed by atoms with E-state index >= 15 is 0 Å². The van der Waals surface area contributed by atoms with Gasteiger partial charge in [0.1, 0.15) is 5.75 Å². The molecule has 3 rings (SSSR count). The monoisotopic (exact) mass is 426 g/mol. The van der Waals surface area contributed by atoms with Crippen LogP contribution in [-0.2, 0) is 4.79 Å². The number of halogens is 2. The number of nitrogens with one attached hydrogen (secondary N) is 1. The number of nitrogens with zero attached hydrogens (tertiary/aromatic N) is 1. The summed E-state index contributed by atoms with van der Waals surface area (Å²) >= 11 is 13.6. The van der Waals surface area contributed by atoms with Crippen molar-refractivity contribution in [2.24, 2.45) is 11.8 Å². The van der Waals surface area contributed by atoms with Crippen LogP contribution >= 0.6 is 34.5 Å². The molecule has 2 unspecified atom stereocenters. The fourth-order valence-corrected chi connectivity index (χ4v) is 4.67. The molecule has 2 atom stereocenters. The normalized spacial score (nSPS) is 16.9. The molecule has 0 spiro atoms. The van der Waals surface area contributed by atoms with Crippen LogP contribution in [0.1, 0.15) is 45.4 Å². The second-order valence-corrected chi connectivity index (χ2v) is 8.65. The Labute approximate surface area is 174 Å². The third kappa shape index (κ3) is 5.37. The number of anilines is 1. The van der Waals surface area contributed by atoms with Crippen LogP contribution in [0.25, 0.3) is 0 Å². The quantitative estimate of drug-likeness (QED) is 0.527. The van der Waals surface area contributed by atoms with E-state index in [2.05, 4.69) is 17.2 Å². The summed E-state index contributed by atoms with van der Waals surface area (Å²) in [7, 11) is 0. The average molecular weight is 427 g/mol. The zero-order valence-corrected chi connectivity index (χ0v) is 17.6. The lowest BCUT2D eigenvalue weighted by atomic mass is 9.82. The van der Waals surface area contributed by atoms with Gasteiger partial charge in [-0.25, -0.2) is 4.98 Å². The number of carbonyl (C=O) groups excluding carboxylic acids is 1. The molecule has 1 heterocycles. The molecule has 4 nitrogen and oxygen atoms in total. The van der Waals surface area contributed by atoms with Gasteiger partial charge in [-0.1, -0.05) is 62.2 Å². The third-order valence-corrected chi connectivity index (χ3v) is 6.52. The second kappa shape index (κ2) is 9.76. The van der Waals surface area contributed by atoms with Crippen LogP contribution in [0, 0.1) is 11.8 Å². The molecule has 0 saturated heterocycles. The number of carbonyl (C=O) groups is 1. The van der Waals surface area contributed by atoms with E-state index in [-0.39, 0.29) is 11.8 Å². The van der Waals surface area contributed by atoms with E-state index in [0.29, 0.717) is 26.8 Å². The summed E-state index contributed by atoms with van der Waals surface area (Å²) in [4.78, 5) is 17.3. The minimum Gasteiger partial charge on any atom is -0.480 e. The summed E-state index contributed by atoms with van der Waals surface area (Å²) in [6, 6.07) is 5.13. The Morgan fingerprint density at radius 1 is 1.33 bits per heavy atom. The lowest BCUT2D eigenvalue weighted by molar-refractivity contribution is -0.126. The smallest absolute Gasteiger partial charge is 0.267 e. The zero-order chi connectivity index (χ0) is 19.2. The zero-order valence-electron chi connectivity index (χ0n) is 15.3. The molecule has 1 saturated carbocycles. The summed E-state index contributed by atoms with van der Waals surface area (Å²) in [6.45, 7) is 2.15. The number of amides is 1. The van der Waals surface area contributed by atoms with Gasteiger partial charge in [0.15, 0.2) is 11.2 Å². The van der Waals surface area contributed by atoms with Gasteiger partial charge in [-0.3, -0.25) is 10.1 Å². The maximum atomic E-state index is 13.1. The average Bonchev–Trinajstić information content (AvgIpc) is 3.35. The van der Waals surface area contributed by atoms with Gasteiger partial charge in [0.25, 0.3) is 5.91 Å². The van der Waals surface area contributed by atoms with Crippen LogP contribution in [0.5, 0.6) is 5.75 Å². The highest BCUT2D eigenvalue weighted by molar-refractivity contribution is 7.13. The van der Waals surface area contributed by atoms with E-state index in [1.807, 2.05) is 5.38 Å². The molecule has 0 radical (unpaired) electrons. The first-order chi connectivity index (χ1) is 13.1. The van der Waals surface area contributed by atoms with Crippen molar-refractivity contribution in [2.45, 2.75) is 51.6 Å². The number of hydrogen-bond donors (Lipinski definition) is 1. The number of ether oxygens (including phenoxy) is 1. The van der Waals surface area contributed by atoms with Gasteiger partial charge in [0.05, 0.1) is 10.0 Å². The molecule has 27 heavy (non-hydrogen) atoms. The number of aromatic nitrogens is 1. The Morgan fingerprint density at radius 3 is 2.74 bits per heavy atom. The Morgan fingerprint density at radius 2 is 2.11 bits per heavy atom. The summed E-state index contributed by atoms with van der Waals surface area (Å²) < 4.78 is 6.21. The highest BCUT2D eigenvalue weighted by Gasteiger charge is 2.37. The molecular weight excluding hydrogens is 403 g/mol. The van der Waals surface area contributed by atoms with Gasteiger partial charge in [-0.05, 0) is 24.5 Å². The molecule has 1 N–H and O–H groups in total. The molecular formula is C20H24Cl2N2O2S. The van der Waals surface area contributed by atoms with Crippen LogP contribution in [0.3, 0.4) is 0 Å². The van der Waals surface area contributed by atoms with Crippen LogP contribution < -0.4 is 10.1 Å². The van der Waals surface area contributed by atoms with Crippen LogP contribution in [0.2, 0.25) is 10.0 Å². The van der Waals surface area contributed by atoms with Gasteiger partial charge in [-0.2, -0.15) is 0 Å². The van der Waals surface area contributed by atoms with Gasteiger partial charge < -0.3 is 4.74 Å². The van der Waals surface area contributed by atoms with E-state index < -0.39 is 6.10 Å². The molecule has 1 aromatic heterocycles. The van der Waals surface area contributed by atoms with Gasteiger partial charge in [0, 0.05) is 23.6 Å². The van der Waals surface area contributed by atoms with Crippen LogP contribution in [-0.4, -0.2) is 17.0 Å². The SMILES string of the molecule is CCCC(C1CCCC1)C(Oc1ccc(Cl)c(Cl)c1)C(=O)Nc1nccs1. The van der Waals surface area contributed by atoms with Crippen molar-refractivity contribution in [1.82, 2.24) is 4.98 Å². The topological polar surface area (TPSA) is 51.2 Å². The third-order valence-electron chi connectivity index (χ3n) is 5.09.